The van der Waals surface area contributed by atoms with Crippen molar-refractivity contribution < 1.29 is 8.42 Å². The number of halogens is 1. The number of benzene rings is 1. The number of hydrogen-bond donors (Lipinski definition) is 2. The molecule has 0 aliphatic carbocycles. The van der Waals surface area contributed by atoms with Crippen molar-refractivity contribution in [3.05, 3.63) is 40.5 Å². The van der Waals surface area contributed by atoms with Crippen molar-refractivity contribution in [2.45, 2.75) is 18.7 Å². The highest BCUT2D eigenvalue weighted by Gasteiger charge is 2.19. The van der Waals surface area contributed by atoms with Crippen molar-refractivity contribution in [3.63, 3.8) is 0 Å². The van der Waals surface area contributed by atoms with Crippen LogP contribution in [0.1, 0.15) is 11.1 Å². The van der Waals surface area contributed by atoms with Gasteiger partial charge in [0.15, 0.2) is 0 Å². The van der Waals surface area contributed by atoms with Crippen LogP contribution in [0.15, 0.2) is 29.3 Å². The zero-order valence-electron chi connectivity index (χ0n) is 9.86. The van der Waals surface area contributed by atoms with Crippen molar-refractivity contribution in [2.75, 3.05) is 4.72 Å². The van der Waals surface area contributed by atoms with Gasteiger partial charge in [0.05, 0.1) is 11.1 Å². The number of anilines is 1. The molecule has 0 atom stereocenters. The number of aromatic amines is 1. The van der Waals surface area contributed by atoms with E-state index in [1.165, 1.54) is 6.07 Å². The van der Waals surface area contributed by atoms with Crippen molar-refractivity contribution in [2.24, 2.45) is 0 Å². The van der Waals surface area contributed by atoms with Crippen LogP contribution >= 0.6 is 11.6 Å². The van der Waals surface area contributed by atoms with Crippen LogP contribution < -0.4 is 4.72 Å². The molecule has 0 spiro atoms. The van der Waals surface area contributed by atoms with E-state index in [0.29, 0.717) is 16.4 Å². The minimum absolute atomic E-state index is 0.156. The molecule has 0 fully saturated rings. The maximum Gasteiger partial charge on any atom is 0.263 e. The highest BCUT2D eigenvalue weighted by Crippen LogP contribution is 2.24. The summed E-state index contributed by atoms with van der Waals surface area (Å²) in [7, 11) is -3.66. The molecule has 1 aromatic carbocycles. The second-order valence-electron chi connectivity index (χ2n) is 3.90. The molecule has 0 saturated heterocycles. The second-order valence-corrected chi connectivity index (χ2v) is 5.95. The molecule has 0 aliphatic rings. The van der Waals surface area contributed by atoms with E-state index in [0.717, 1.165) is 5.56 Å². The number of rotatable bonds is 3. The average Bonchev–Trinajstić information content (AvgIpc) is 2.67. The minimum atomic E-state index is -3.66. The maximum atomic E-state index is 12.2. The Labute approximate surface area is 110 Å². The van der Waals surface area contributed by atoms with Gasteiger partial charge in [0.1, 0.15) is 5.82 Å². The smallest absolute Gasteiger partial charge is 0.263 e. The van der Waals surface area contributed by atoms with Crippen LogP contribution in [0.3, 0.4) is 0 Å². The Bertz CT molecular complexity index is 679. The van der Waals surface area contributed by atoms with Gasteiger partial charge in [0.25, 0.3) is 10.0 Å². The molecular weight excluding hydrogens is 274 g/mol. The summed E-state index contributed by atoms with van der Waals surface area (Å²) in [5, 5.41) is 6.77. The Morgan fingerprint density at radius 1 is 1.33 bits per heavy atom. The van der Waals surface area contributed by atoms with Crippen molar-refractivity contribution in [1.82, 2.24) is 10.2 Å². The lowest BCUT2D eigenvalue weighted by Gasteiger charge is -2.10. The summed E-state index contributed by atoms with van der Waals surface area (Å²) >= 11 is 5.92. The summed E-state index contributed by atoms with van der Waals surface area (Å²) in [6.45, 7) is 3.42. The molecule has 1 aromatic heterocycles. The van der Waals surface area contributed by atoms with Crippen LogP contribution in [0, 0.1) is 13.8 Å². The molecule has 0 radical (unpaired) electrons. The summed E-state index contributed by atoms with van der Waals surface area (Å²) < 4.78 is 26.9. The van der Waals surface area contributed by atoms with E-state index in [1.807, 2.05) is 0 Å². The molecule has 5 nitrogen and oxygen atoms in total. The number of sulfonamides is 1. The SMILES string of the molecule is Cc1cn[nH]c1NS(=O)(=O)c1cccc(Cl)c1C. The monoisotopic (exact) mass is 285 g/mol. The highest BCUT2D eigenvalue weighted by molar-refractivity contribution is 7.92. The first kappa shape index (κ1) is 12.9. The molecule has 7 heteroatoms. The third kappa shape index (κ3) is 2.34. The van der Waals surface area contributed by atoms with E-state index >= 15 is 0 Å². The molecule has 0 saturated carbocycles. The van der Waals surface area contributed by atoms with Crippen molar-refractivity contribution in [3.8, 4) is 0 Å². The molecule has 0 unspecified atom stereocenters. The molecule has 2 aromatic rings. The Morgan fingerprint density at radius 3 is 2.67 bits per heavy atom. The summed E-state index contributed by atoms with van der Waals surface area (Å²) in [6.07, 6.45) is 1.54. The third-order valence-electron chi connectivity index (χ3n) is 2.57. The summed E-state index contributed by atoms with van der Waals surface area (Å²) in [5.41, 5.74) is 1.24. The van der Waals surface area contributed by atoms with E-state index in [4.69, 9.17) is 11.6 Å². The summed E-state index contributed by atoms with van der Waals surface area (Å²) in [4.78, 5) is 0.156. The lowest BCUT2D eigenvalue weighted by atomic mass is 10.2. The fraction of sp³-hybridized carbons (Fsp3) is 0.182. The maximum absolute atomic E-state index is 12.2. The zero-order valence-corrected chi connectivity index (χ0v) is 11.4. The Hall–Kier alpha value is -1.53. The molecule has 2 rings (SSSR count). The first-order chi connectivity index (χ1) is 8.42. The van der Waals surface area contributed by atoms with Gasteiger partial charge in [-0.15, -0.1) is 0 Å². The summed E-state index contributed by atoms with van der Waals surface area (Å²) in [6, 6.07) is 4.76. The molecule has 96 valence electrons. The highest BCUT2D eigenvalue weighted by atomic mass is 35.5. The normalized spacial score (nSPS) is 11.5. The van der Waals surface area contributed by atoms with Gasteiger partial charge < -0.3 is 0 Å². The number of aromatic nitrogens is 2. The number of aryl methyl sites for hydroxylation is 1. The van der Waals surface area contributed by atoms with E-state index in [9.17, 15) is 8.42 Å². The van der Waals surface area contributed by atoms with Gasteiger partial charge in [-0.2, -0.15) is 5.10 Å². The van der Waals surface area contributed by atoms with Crippen LogP contribution in [0.2, 0.25) is 5.02 Å². The van der Waals surface area contributed by atoms with E-state index in [2.05, 4.69) is 14.9 Å². The Kier molecular flexibility index (Phi) is 3.32. The van der Waals surface area contributed by atoms with Gasteiger partial charge >= 0.3 is 0 Å². The second kappa shape index (κ2) is 4.62. The average molecular weight is 286 g/mol. The number of H-pyrrole nitrogens is 1. The fourth-order valence-electron chi connectivity index (χ4n) is 1.52. The van der Waals surface area contributed by atoms with Crippen molar-refractivity contribution in [1.29, 1.82) is 0 Å². The topological polar surface area (TPSA) is 74.8 Å². The lowest BCUT2D eigenvalue weighted by molar-refractivity contribution is 0.600. The predicted octanol–water partition coefficient (Wildman–Crippen LogP) is 2.48. The molecule has 0 bridgehead atoms. The predicted molar refractivity (Wildman–Crippen MR) is 70.3 cm³/mol. The van der Waals surface area contributed by atoms with E-state index in [1.54, 1.807) is 32.2 Å². The van der Waals surface area contributed by atoms with Crippen LogP contribution in [-0.2, 0) is 10.0 Å². The van der Waals surface area contributed by atoms with Gasteiger partial charge in [0, 0.05) is 10.6 Å². The van der Waals surface area contributed by atoms with Gasteiger partial charge in [-0.3, -0.25) is 9.82 Å². The van der Waals surface area contributed by atoms with Gasteiger partial charge in [-0.1, -0.05) is 17.7 Å². The van der Waals surface area contributed by atoms with E-state index < -0.39 is 10.0 Å². The zero-order chi connectivity index (χ0) is 13.3. The largest absolute Gasteiger partial charge is 0.264 e. The summed E-state index contributed by atoms with van der Waals surface area (Å²) in [5.74, 6) is 0.356. The molecular formula is C11H12ClN3O2S. The number of nitrogens with one attached hydrogen (secondary N) is 2. The molecule has 0 aliphatic heterocycles. The molecule has 0 amide bonds. The number of nitrogens with zero attached hydrogens (tertiary/aromatic N) is 1. The van der Waals surface area contributed by atoms with Gasteiger partial charge in [-0.25, -0.2) is 8.42 Å². The Balaban J connectivity index is 2.43. The first-order valence-corrected chi connectivity index (χ1v) is 7.06. The van der Waals surface area contributed by atoms with Crippen LogP contribution in [-0.4, -0.2) is 18.6 Å². The van der Waals surface area contributed by atoms with Crippen LogP contribution in [0.5, 0.6) is 0 Å². The van der Waals surface area contributed by atoms with Crippen LogP contribution in [0.4, 0.5) is 5.82 Å². The van der Waals surface area contributed by atoms with Gasteiger partial charge in [0.2, 0.25) is 0 Å². The van der Waals surface area contributed by atoms with Crippen molar-refractivity contribution >= 4 is 27.4 Å². The Morgan fingerprint density at radius 2 is 2.06 bits per heavy atom. The first-order valence-electron chi connectivity index (χ1n) is 5.20. The third-order valence-corrected chi connectivity index (χ3v) is 4.48. The lowest BCUT2D eigenvalue weighted by Crippen LogP contribution is -2.15. The van der Waals surface area contributed by atoms with Crippen LogP contribution in [0.25, 0.3) is 0 Å². The fourth-order valence-corrected chi connectivity index (χ4v) is 3.10. The standard InChI is InChI=1S/C11H12ClN3O2S/c1-7-6-13-14-11(7)15-18(16,17)10-5-3-4-9(12)8(10)2/h3-6H,1-2H3,(H2,13,14,15). The number of hydrogen-bond acceptors (Lipinski definition) is 3. The minimum Gasteiger partial charge on any atom is -0.264 e. The quantitative estimate of drug-likeness (QED) is 0.910. The molecule has 18 heavy (non-hydrogen) atoms. The van der Waals surface area contributed by atoms with Gasteiger partial charge in [-0.05, 0) is 31.5 Å². The molecule has 2 N–H and O–H groups in total. The molecule has 1 heterocycles. The van der Waals surface area contributed by atoms with E-state index in [-0.39, 0.29) is 4.90 Å².